The molecule has 1 unspecified atom stereocenters. The number of aliphatic hydroxyl groups is 2. The SMILES string of the molecule is NS(=O)(=O)c1cc2c(cc1Cl)NCN(CC(O)CO)S2. The van der Waals surface area contributed by atoms with E-state index in [1.807, 2.05) is 0 Å². The van der Waals surface area contributed by atoms with Crippen molar-refractivity contribution in [2.45, 2.75) is 15.9 Å². The molecule has 112 valence electrons. The van der Waals surface area contributed by atoms with Crippen LogP contribution in [0.2, 0.25) is 5.02 Å². The summed E-state index contributed by atoms with van der Waals surface area (Å²) in [4.78, 5) is 0.492. The second-order valence-corrected chi connectivity index (χ2v) is 7.33. The van der Waals surface area contributed by atoms with Crippen LogP contribution in [0.5, 0.6) is 0 Å². The van der Waals surface area contributed by atoms with Crippen molar-refractivity contribution in [3.63, 3.8) is 0 Å². The maximum atomic E-state index is 11.4. The fraction of sp³-hybridized carbons (Fsp3) is 0.400. The molecule has 0 amide bonds. The van der Waals surface area contributed by atoms with Gasteiger partial charge in [-0.1, -0.05) is 11.6 Å². The van der Waals surface area contributed by atoms with Gasteiger partial charge in [0, 0.05) is 11.4 Å². The second-order valence-electron chi connectivity index (χ2n) is 4.25. The van der Waals surface area contributed by atoms with Crippen molar-refractivity contribution in [1.29, 1.82) is 0 Å². The molecule has 20 heavy (non-hydrogen) atoms. The third-order valence-corrected chi connectivity index (χ3v) is 5.09. The zero-order valence-electron chi connectivity index (χ0n) is 10.3. The Bertz CT molecular complexity index is 611. The molecular weight excluding hydrogens is 326 g/mol. The number of benzene rings is 1. The van der Waals surface area contributed by atoms with Crippen molar-refractivity contribution >= 4 is 39.3 Å². The number of hydrogen-bond donors (Lipinski definition) is 4. The molecule has 0 aliphatic carbocycles. The van der Waals surface area contributed by atoms with Gasteiger partial charge in [-0.05, 0) is 24.1 Å². The molecule has 0 spiro atoms. The number of sulfonamides is 1. The number of rotatable bonds is 4. The van der Waals surface area contributed by atoms with Gasteiger partial charge in [0.1, 0.15) is 4.90 Å². The minimum atomic E-state index is -3.89. The molecule has 1 heterocycles. The van der Waals surface area contributed by atoms with E-state index < -0.39 is 16.1 Å². The molecule has 0 aromatic heterocycles. The van der Waals surface area contributed by atoms with E-state index in [1.165, 1.54) is 24.1 Å². The molecule has 1 aromatic carbocycles. The van der Waals surface area contributed by atoms with E-state index in [2.05, 4.69) is 5.32 Å². The highest BCUT2D eigenvalue weighted by molar-refractivity contribution is 7.97. The summed E-state index contributed by atoms with van der Waals surface area (Å²) in [7, 11) is -3.89. The Balaban J connectivity index is 2.27. The van der Waals surface area contributed by atoms with E-state index in [9.17, 15) is 13.5 Å². The van der Waals surface area contributed by atoms with Gasteiger partial charge in [-0.2, -0.15) is 0 Å². The third-order valence-electron chi connectivity index (χ3n) is 2.64. The number of nitrogens with two attached hydrogens (primary N) is 1. The second kappa shape index (κ2) is 6.06. The fourth-order valence-corrected chi connectivity index (χ4v) is 3.93. The molecule has 5 N–H and O–H groups in total. The van der Waals surface area contributed by atoms with E-state index in [4.69, 9.17) is 21.8 Å². The minimum Gasteiger partial charge on any atom is -0.394 e. The average Bonchev–Trinajstić information content (AvgIpc) is 2.37. The number of aliphatic hydroxyl groups excluding tert-OH is 2. The van der Waals surface area contributed by atoms with Crippen molar-refractivity contribution in [2.75, 3.05) is 25.1 Å². The summed E-state index contributed by atoms with van der Waals surface area (Å²) < 4.78 is 24.6. The van der Waals surface area contributed by atoms with Gasteiger partial charge in [0.15, 0.2) is 0 Å². The number of fused-ring (bicyclic) bond motifs is 1. The molecule has 0 radical (unpaired) electrons. The highest BCUT2D eigenvalue weighted by atomic mass is 35.5. The molecule has 10 heteroatoms. The van der Waals surface area contributed by atoms with Crippen LogP contribution in [0.1, 0.15) is 0 Å². The van der Waals surface area contributed by atoms with Gasteiger partial charge in [-0.3, -0.25) is 0 Å². The number of hydrogen-bond acceptors (Lipinski definition) is 7. The standard InChI is InChI=1S/C10H14ClN3O4S2/c11-7-1-8-9(2-10(7)20(12,17)18)19-14(5-13-8)3-6(16)4-15/h1-2,6,13,15-16H,3-5H2,(H2,12,17,18). The maximum absolute atomic E-state index is 11.4. The molecular formula is C10H14ClN3O4S2. The average molecular weight is 340 g/mol. The Labute approximate surface area is 125 Å². The van der Waals surface area contributed by atoms with E-state index >= 15 is 0 Å². The minimum absolute atomic E-state index is 0.0585. The van der Waals surface area contributed by atoms with E-state index in [-0.39, 0.29) is 23.1 Å². The first-order valence-corrected chi connectivity index (χ1v) is 8.33. The van der Waals surface area contributed by atoms with Crippen molar-refractivity contribution in [1.82, 2.24) is 4.31 Å². The van der Waals surface area contributed by atoms with Gasteiger partial charge in [0.25, 0.3) is 0 Å². The van der Waals surface area contributed by atoms with Gasteiger partial charge in [0.05, 0.1) is 30.1 Å². The molecule has 1 atom stereocenters. The Morgan fingerprint density at radius 1 is 1.55 bits per heavy atom. The van der Waals surface area contributed by atoms with Gasteiger partial charge >= 0.3 is 0 Å². The summed E-state index contributed by atoms with van der Waals surface area (Å²) in [5, 5.41) is 26.5. The predicted molar refractivity (Wildman–Crippen MR) is 77.0 cm³/mol. The first kappa shape index (κ1) is 15.8. The van der Waals surface area contributed by atoms with Crippen LogP contribution in [0.3, 0.4) is 0 Å². The number of anilines is 1. The number of β-amino-alcohol motifs (C(OH)–C–C–N with tert-alkyl or cyclic N) is 1. The van der Waals surface area contributed by atoms with Crippen LogP contribution in [0.4, 0.5) is 5.69 Å². The number of nitrogens with one attached hydrogen (secondary N) is 1. The molecule has 2 rings (SSSR count). The predicted octanol–water partition coefficient (Wildman–Crippen LogP) is 0.0327. The Morgan fingerprint density at radius 2 is 2.25 bits per heavy atom. The quantitative estimate of drug-likeness (QED) is 0.572. The lowest BCUT2D eigenvalue weighted by Crippen LogP contribution is -2.35. The van der Waals surface area contributed by atoms with Gasteiger partial charge < -0.3 is 15.5 Å². The zero-order chi connectivity index (χ0) is 14.9. The highest BCUT2D eigenvalue weighted by Gasteiger charge is 2.23. The highest BCUT2D eigenvalue weighted by Crippen LogP contribution is 2.38. The smallest absolute Gasteiger partial charge is 0.239 e. The van der Waals surface area contributed by atoms with Crippen molar-refractivity contribution in [3.05, 3.63) is 17.2 Å². The maximum Gasteiger partial charge on any atom is 0.239 e. The van der Waals surface area contributed by atoms with Crippen molar-refractivity contribution < 1.29 is 18.6 Å². The van der Waals surface area contributed by atoms with Crippen LogP contribution in [-0.2, 0) is 10.0 Å². The first-order chi connectivity index (χ1) is 9.31. The van der Waals surface area contributed by atoms with Crippen LogP contribution in [0.15, 0.2) is 21.9 Å². The molecule has 1 aliphatic rings. The van der Waals surface area contributed by atoms with Crippen molar-refractivity contribution in [3.8, 4) is 0 Å². The van der Waals surface area contributed by atoms with Crippen LogP contribution >= 0.6 is 23.5 Å². The fourth-order valence-electron chi connectivity index (χ4n) is 1.71. The topological polar surface area (TPSA) is 116 Å². The molecule has 1 aromatic rings. The van der Waals surface area contributed by atoms with Crippen LogP contribution in [0, 0.1) is 0 Å². The lowest BCUT2D eigenvalue weighted by molar-refractivity contribution is 0.0816. The summed E-state index contributed by atoms with van der Waals surface area (Å²) >= 11 is 7.15. The van der Waals surface area contributed by atoms with Gasteiger partial charge in [-0.15, -0.1) is 0 Å². The third kappa shape index (κ3) is 3.55. The number of nitrogens with zero attached hydrogens (tertiary/aromatic N) is 1. The summed E-state index contributed by atoms with van der Waals surface area (Å²) in [5.74, 6) is 0. The Hall–Kier alpha value is -0.550. The Morgan fingerprint density at radius 3 is 2.85 bits per heavy atom. The van der Waals surface area contributed by atoms with Crippen LogP contribution in [0.25, 0.3) is 0 Å². The van der Waals surface area contributed by atoms with Crippen LogP contribution in [-0.4, -0.2) is 48.9 Å². The molecule has 0 saturated heterocycles. The zero-order valence-corrected chi connectivity index (χ0v) is 12.7. The number of halogens is 1. The summed E-state index contributed by atoms with van der Waals surface area (Å²) in [6.07, 6.45) is -0.865. The van der Waals surface area contributed by atoms with Gasteiger partial charge in [-0.25, -0.2) is 17.9 Å². The normalized spacial score (nSPS) is 17.4. The first-order valence-electron chi connectivity index (χ1n) is 5.63. The summed E-state index contributed by atoms with van der Waals surface area (Å²) in [6.45, 7) is 0.327. The molecule has 0 saturated carbocycles. The Kier molecular flexibility index (Phi) is 4.80. The van der Waals surface area contributed by atoms with E-state index in [0.29, 0.717) is 17.3 Å². The summed E-state index contributed by atoms with van der Waals surface area (Å²) in [5.41, 5.74) is 0.696. The van der Waals surface area contributed by atoms with E-state index in [1.54, 1.807) is 4.31 Å². The number of primary sulfonamides is 1. The van der Waals surface area contributed by atoms with E-state index in [0.717, 1.165) is 0 Å². The summed E-state index contributed by atoms with van der Waals surface area (Å²) in [6, 6.07) is 2.89. The lowest BCUT2D eigenvalue weighted by Gasteiger charge is -2.30. The molecule has 1 aliphatic heterocycles. The van der Waals surface area contributed by atoms with Crippen LogP contribution < -0.4 is 10.5 Å². The lowest BCUT2D eigenvalue weighted by atomic mass is 10.3. The van der Waals surface area contributed by atoms with Crippen molar-refractivity contribution in [2.24, 2.45) is 5.14 Å². The molecule has 0 fully saturated rings. The largest absolute Gasteiger partial charge is 0.394 e. The molecule has 0 bridgehead atoms. The monoisotopic (exact) mass is 339 g/mol. The molecule has 7 nitrogen and oxygen atoms in total. The van der Waals surface area contributed by atoms with Gasteiger partial charge in [0.2, 0.25) is 10.0 Å².